The standard InChI is InChI=1S/C28H33NO4/c29-26-25(30)16-24(20-31-17-21-10-4-1-5-11-21)27(32-18-22-12-6-2-7-13-22)28(26)33-19-23-14-8-3-9-15-23/h1-15,24-28,30H,16-20,29H2/t24-,25?,26+,27-,28-/m0/s1. The molecule has 3 aromatic carbocycles. The Balaban J connectivity index is 1.46. The predicted octanol–water partition coefficient (Wildman–Crippen LogP) is 4.08. The summed E-state index contributed by atoms with van der Waals surface area (Å²) in [6, 6.07) is 29.6. The van der Waals surface area contributed by atoms with Gasteiger partial charge >= 0.3 is 0 Å². The fraction of sp³-hybridized carbons (Fsp3) is 0.357. The minimum atomic E-state index is -0.673. The van der Waals surface area contributed by atoms with Crippen molar-refractivity contribution in [1.82, 2.24) is 0 Å². The van der Waals surface area contributed by atoms with Gasteiger partial charge in [-0.3, -0.25) is 0 Å². The van der Waals surface area contributed by atoms with E-state index in [4.69, 9.17) is 19.9 Å². The Kier molecular flexibility index (Phi) is 8.64. The molecule has 3 N–H and O–H groups in total. The maximum Gasteiger partial charge on any atom is 0.102 e. The first-order chi connectivity index (χ1) is 16.2. The molecule has 0 heterocycles. The van der Waals surface area contributed by atoms with Crippen LogP contribution in [0.1, 0.15) is 23.1 Å². The zero-order valence-corrected chi connectivity index (χ0v) is 18.8. The topological polar surface area (TPSA) is 73.9 Å². The lowest BCUT2D eigenvalue weighted by Gasteiger charge is -2.43. The van der Waals surface area contributed by atoms with E-state index in [1.807, 2.05) is 91.0 Å². The molecule has 4 rings (SSSR count). The quantitative estimate of drug-likeness (QED) is 0.490. The SMILES string of the molecule is N[C@@H]1C(O)C[C@@H](COCc2ccccc2)[C@H](OCc2ccccc2)[C@H]1OCc1ccccc1. The highest BCUT2D eigenvalue weighted by Gasteiger charge is 2.44. The van der Waals surface area contributed by atoms with Crippen molar-refractivity contribution in [3.63, 3.8) is 0 Å². The van der Waals surface area contributed by atoms with Crippen molar-refractivity contribution in [2.75, 3.05) is 6.61 Å². The molecular weight excluding hydrogens is 414 g/mol. The highest BCUT2D eigenvalue weighted by molar-refractivity contribution is 5.15. The normalized spacial score (nSPS) is 25.1. The van der Waals surface area contributed by atoms with E-state index in [1.165, 1.54) is 0 Å². The van der Waals surface area contributed by atoms with Crippen LogP contribution >= 0.6 is 0 Å². The molecule has 0 bridgehead atoms. The molecule has 0 amide bonds. The summed E-state index contributed by atoms with van der Waals surface area (Å²) in [5, 5.41) is 10.7. The van der Waals surface area contributed by atoms with Gasteiger partial charge in [-0.15, -0.1) is 0 Å². The summed E-state index contributed by atoms with van der Waals surface area (Å²) in [6.07, 6.45) is -0.889. The van der Waals surface area contributed by atoms with Crippen LogP contribution in [0.3, 0.4) is 0 Å². The molecule has 5 heteroatoms. The summed E-state index contributed by atoms with van der Waals surface area (Å²) in [6.45, 7) is 1.84. The van der Waals surface area contributed by atoms with Crippen LogP contribution in [0.25, 0.3) is 0 Å². The minimum absolute atomic E-state index is 0.0343. The minimum Gasteiger partial charge on any atom is -0.391 e. The fourth-order valence-electron chi connectivity index (χ4n) is 4.34. The van der Waals surface area contributed by atoms with E-state index in [2.05, 4.69) is 0 Å². The highest BCUT2D eigenvalue weighted by Crippen LogP contribution is 2.31. The molecule has 0 aromatic heterocycles. The maximum atomic E-state index is 10.7. The molecule has 1 aliphatic rings. The van der Waals surface area contributed by atoms with Crippen LogP contribution in [-0.2, 0) is 34.0 Å². The molecule has 1 saturated carbocycles. The zero-order chi connectivity index (χ0) is 22.9. The van der Waals surface area contributed by atoms with Crippen LogP contribution in [0, 0.1) is 5.92 Å². The van der Waals surface area contributed by atoms with Crippen LogP contribution in [0.5, 0.6) is 0 Å². The van der Waals surface area contributed by atoms with E-state index in [1.54, 1.807) is 0 Å². The molecule has 0 radical (unpaired) electrons. The summed E-state index contributed by atoms with van der Waals surface area (Å²) in [5.41, 5.74) is 9.69. The van der Waals surface area contributed by atoms with Gasteiger partial charge in [0.25, 0.3) is 0 Å². The van der Waals surface area contributed by atoms with E-state index < -0.39 is 18.2 Å². The van der Waals surface area contributed by atoms with E-state index in [0.29, 0.717) is 32.8 Å². The Morgan fingerprint density at radius 1 is 0.667 bits per heavy atom. The molecule has 0 saturated heterocycles. The van der Waals surface area contributed by atoms with E-state index in [9.17, 15) is 5.11 Å². The van der Waals surface area contributed by atoms with Gasteiger partial charge in [0.1, 0.15) is 6.10 Å². The van der Waals surface area contributed by atoms with Gasteiger partial charge in [0.15, 0.2) is 0 Å². The van der Waals surface area contributed by atoms with E-state index in [0.717, 1.165) is 16.7 Å². The van der Waals surface area contributed by atoms with E-state index in [-0.39, 0.29) is 12.0 Å². The molecule has 0 spiro atoms. The average molecular weight is 448 g/mol. The van der Waals surface area contributed by atoms with Crippen molar-refractivity contribution < 1.29 is 19.3 Å². The first-order valence-corrected chi connectivity index (χ1v) is 11.6. The average Bonchev–Trinajstić information content (AvgIpc) is 2.86. The molecule has 33 heavy (non-hydrogen) atoms. The third-order valence-corrected chi connectivity index (χ3v) is 6.17. The second-order valence-electron chi connectivity index (χ2n) is 8.66. The number of hydrogen-bond acceptors (Lipinski definition) is 5. The third-order valence-electron chi connectivity index (χ3n) is 6.17. The zero-order valence-electron chi connectivity index (χ0n) is 18.8. The van der Waals surface area contributed by atoms with Crippen LogP contribution in [-0.4, -0.2) is 36.1 Å². The molecular formula is C28H33NO4. The Morgan fingerprint density at radius 3 is 1.64 bits per heavy atom. The Hall–Kier alpha value is -2.54. The van der Waals surface area contributed by atoms with E-state index >= 15 is 0 Å². The molecule has 174 valence electrons. The maximum absolute atomic E-state index is 10.7. The van der Waals surface area contributed by atoms with Crippen LogP contribution in [0.2, 0.25) is 0 Å². The van der Waals surface area contributed by atoms with Gasteiger partial charge in [-0.2, -0.15) is 0 Å². The molecule has 0 aliphatic heterocycles. The second-order valence-corrected chi connectivity index (χ2v) is 8.66. The number of aliphatic hydroxyl groups is 1. The van der Waals surface area contributed by atoms with Gasteiger partial charge in [0.05, 0.1) is 44.7 Å². The molecule has 1 aliphatic carbocycles. The first-order valence-electron chi connectivity index (χ1n) is 11.6. The number of ether oxygens (including phenoxy) is 3. The van der Waals surface area contributed by atoms with Gasteiger partial charge in [0, 0.05) is 5.92 Å². The first kappa shape index (κ1) is 23.6. The monoisotopic (exact) mass is 447 g/mol. The summed E-state index contributed by atoms with van der Waals surface area (Å²) >= 11 is 0. The van der Waals surface area contributed by atoms with Crippen molar-refractivity contribution in [3.8, 4) is 0 Å². The molecule has 3 aromatic rings. The van der Waals surface area contributed by atoms with Crippen molar-refractivity contribution in [2.24, 2.45) is 11.7 Å². The molecule has 5 nitrogen and oxygen atoms in total. The van der Waals surface area contributed by atoms with Crippen molar-refractivity contribution in [1.29, 1.82) is 0 Å². The second kappa shape index (κ2) is 12.1. The Bertz CT molecular complexity index is 938. The number of benzene rings is 3. The van der Waals surface area contributed by atoms with Crippen LogP contribution in [0.4, 0.5) is 0 Å². The number of rotatable bonds is 10. The fourth-order valence-corrected chi connectivity index (χ4v) is 4.34. The lowest BCUT2D eigenvalue weighted by Crippen LogP contribution is -2.60. The van der Waals surface area contributed by atoms with Crippen LogP contribution in [0.15, 0.2) is 91.0 Å². The van der Waals surface area contributed by atoms with Gasteiger partial charge < -0.3 is 25.1 Å². The molecule has 1 unspecified atom stereocenters. The van der Waals surface area contributed by atoms with Crippen LogP contribution < -0.4 is 5.73 Å². The number of hydrogen-bond donors (Lipinski definition) is 2. The third kappa shape index (κ3) is 6.73. The summed E-state index contributed by atoms with van der Waals surface area (Å²) in [7, 11) is 0. The molecule has 1 fully saturated rings. The largest absolute Gasteiger partial charge is 0.391 e. The molecule has 5 atom stereocenters. The van der Waals surface area contributed by atoms with Gasteiger partial charge in [-0.05, 0) is 23.1 Å². The number of nitrogens with two attached hydrogens (primary N) is 1. The predicted molar refractivity (Wildman–Crippen MR) is 128 cm³/mol. The lowest BCUT2D eigenvalue weighted by molar-refractivity contribution is -0.169. The number of aliphatic hydroxyl groups excluding tert-OH is 1. The van der Waals surface area contributed by atoms with Gasteiger partial charge in [-0.25, -0.2) is 0 Å². The van der Waals surface area contributed by atoms with Crippen molar-refractivity contribution >= 4 is 0 Å². The van der Waals surface area contributed by atoms with Gasteiger partial charge in [-0.1, -0.05) is 91.0 Å². The Morgan fingerprint density at radius 2 is 1.12 bits per heavy atom. The summed E-state index contributed by atoms with van der Waals surface area (Å²) < 4.78 is 18.7. The van der Waals surface area contributed by atoms with Gasteiger partial charge in [0.2, 0.25) is 0 Å². The van der Waals surface area contributed by atoms with Crippen molar-refractivity contribution in [2.45, 2.75) is 50.6 Å². The highest BCUT2D eigenvalue weighted by atomic mass is 16.5. The lowest BCUT2D eigenvalue weighted by atomic mass is 9.79. The summed E-state index contributed by atoms with van der Waals surface area (Å²) in [5.74, 6) is -0.0343. The smallest absolute Gasteiger partial charge is 0.102 e. The summed E-state index contributed by atoms with van der Waals surface area (Å²) in [4.78, 5) is 0. The Labute approximate surface area is 196 Å². The van der Waals surface area contributed by atoms with Crippen molar-refractivity contribution in [3.05, 3.63) is 108 Å².